The molecule has 1 heterocycles. The summed E-state index contributed by atoms with van der Waals surface area (Å²) in [5.74, 6) is -0.433. The molecular formula is C24H20ClN3O4. The van der Waals surface area contributed by atoms with Crippen LogP contribution in [0.25, 0.3) is 34.0 Å². The van der Waals surface area contributed by atoms with Gasteiger partial charge in [0, 0.05) is 17.7 Å². The molecule has 1 atom stereocenters. The molecule has 3 aromatic carbocycles. The fourth-order valence-electron chi connectivity index (χ4n) is 3.22. The maximum absolute atomic E-state index is 11.0. The quantitative estimate of drug-likeness (QED) is 0.368. The first-order valence-corrected chi connectivity index (χ1v) is 10.3. The molecule has 8 heteroatoms. The van der Waals surface area contributed by atoms with E-state index in [4.69, 9.17) is 26.2 Å². The van der Waals surface area contributed by atoms with Crippen molar-refractivity contribution in [3.63, 3.8) is 0 Å². The summed E-state index contributed by atoms with van der Waals surface area (Å²) in [6.45, 7) is -0.180. The number of aromatic nitrogens is 2. The number of rotatable bonds is 8. The molecule has 0 radical (unpaired) electrons. The van der Waals surface area contributed by atoms with Gasteiger partial charge in [0.15, 0.2) is 0 Å². The van der Waals surface area contributed by atoms with E-state index in [1.54, 1.807) is 0 Å². The van der Waals surface area contributed by atoms with Gasteiger partial charge in [0.25, 0.3) is 0 Å². The Morgan fingerprint density at radius 3 is 2.28 bits per heavy atom. The zero-order chi connectivity index (χ0) is 22.5. The van der Waals surface area contributed by atoms with Crippen molar-refractivity contribution in [2.75, 3.05) is 6.61 Å². The van der Waals surface area contributed by atoms with Gasteiger partial charge in [-0.05, 0) is 29.3 Å². The number of benzene rings is 3. The van der Waals surface area contributed by atoms with E-state index in [9.17, 15) is 4.79 Å². The second kappa shape index (κ2) is 9.74. The average Bonchev–Trinajstić information content (AvgIpc) is 3.30. The predicted molar refractivity (Wildman–Crippen MR) is 121 cm³/mol. The first-order chi connectivity index (χ1) is 15.6. The van der Waals surface area contributed by atoms with E-state index in [1.807, 2.05) is 72.8 Å². The zero-order valence-corrected chi connectivity index (χ0v) is 17.7. The smallest absolute Gasteiger partial charge is 0.323 e. The number of halogens is 1. The molecule has 0 spiro atoms. The molecule has 32 heavy (non-hydrogen) atoms. The molecule has 0 bridgehead atoms. The third-order valence-corrected chi connectivity index (χ3v) is 5.38. The molecular weight excluding hydrogens is 430 g/mol. The summed E-state index contributed by atoms with van der Waals surface area (Å²) in [5.41, 5.74) is 4.10. The molecule has 0 saturated heterocycles. The molecule has 0 aliphatic heterocycles. The summed E-state index contributed by atoms with van der Waals surface area (Å²) in [5, 5.41) is 29.7. The number of aliphatic hydroxyl groups is 1. The van der Waals surface area contributed by atoms with Crippen molar-refractivity contribution in [3.8, 4) is 34.0 Å². The van der Waals surface area contributed by atoms with Crippen molar-refractivity contribution in [3.05, 3.63) is 83.4 Å². The fraction of sp³-hybridized carbons (Fsp3) is 0.125. The molecule has 0 fully saturated rings. The Morgan fingerprint density at radius 1 is 0.906 bits per heavy atom. The maximum Gasteiger partial charge on any atom is 0.323 e. The van der Waals surface area contributed by atoms with Crippen LogP contribution in [0, 0.1) is 0 Å². The summed E-state index contributed by atoms with van der Waals surface area (Å²) in [6, 6.07) is 21.8. The molecule has 4 rings (SSSR count). The van der Waals surface area contributed by atoms with E-state index in [2.05, 4.69) is 15.5 Å². The molecule has 0 aliphatic carbocycles. The lowest BCUT2D eigenvalue weighted by Gasteiger charge is -2.11. The lowest BCUT2D eigenvalue weighted by Crippen LogP contribution is -2.39. The highest BCUT2D eigenvalue weighted by Gasteiger charge is 2.17. The lowest BCUT2D eigenvalue weighted by molar-refractivity contribution is -0.140. The van der Waals surface area contributed by atoms with E-state index >= 15 is 0 Å². The van der Waals surface area contributed by atoms with Crippen LogP contribution < -0.4 is 5.32 Å². The topological polar surface area (TPSA) is 108 Å². The van der Waals surface area contributed by atoms with Crippen LogP contribution in [0.15, 0.2) is 77.2 Å². The van der Waals surface area contributed by atoms with Gasteiger partial charge in [0.1, 0.15) is 6.04 Å². The fourth-order valence-corrected chi connectivity index (χ4v) is 3.54. The third kappa shape index (κ3) is 4.70. The van der Waals surface area contributed by atoms with Crippen molar-refractivity contribution in [1.82, 2.24) is 15.5 Å². The van der Waals surface area contributed by atoms with Crippen LogP contribution in [0.5, 0.6) is 0 Å². The first-order valence-electron chi connectivity index (χ1n) is 9.91. The number of hydrogen-bond acceptors (Lipinski definition) is 6. The van der Waals surface area contributed by atoms with Crippen molar-refractivity contribution >= 4 is 17.6 Å². The number of nitrogens with zero attached hydrogens (tertiary/aromatic N) is 2. The van der Waals surface area contributed by atoms with Crippen molar-refractivity contribution in [2.24, 2.45) is 0 Å². The number of carbonyl (C=O) groups is 1. The minimum absolute atomic E-state index is 0.300. The van der Waals surface area contributed by atoms with Crippen LogP contribution in [0.3, 0.4) is 0 Å². The van der Waals surface area contributed by atoms with Gasteiger partial charge in [-0.15, -0.1) is 10.2 Å². The third-order valence-electron chi connectivity index (χ3n) is 4.97. The predicted octanol–water partition coefficient (Wildman–Crippen LogP) is 4.26. The second-order valence-corrected chi connectivity index (χ2v) is 7.47. The molecule has 1 aromatic heterocycles. The summed E-state index contributed by atoms with van der Waals surface area (Å²) < 4.78 is 5.88. The lowest BCUT2D eigenvalue weighted by atomic mass is 10.0. The average molecular weight is 450 g/mol. The van der Waals surface area contributed by atoms with Crippen LogP contribution >= 0.6 is 11.6 Å². The molecule has 162 valence electrons. The Balaban J connectivity index is 1.53. The van der Waals surface area contributed by atoms with Crippen LogP contribution in [-0.2, 0) is 11.3 Å². The van der Waals surface area contributed by atoms with Crippen LogP contribution in [0.2, 0.25) is 5.02 Å². The molecule has 0 amide bonds. The van der Waals surface area contributed by atoms with E-state index in [1.165, 1.54) is 0 Å². The number of aliphatic carboxylic acids is 1. The Labute approximate surface area is 189 Å². The number of aliphatic hydroxyl groups excluding tert-OH is 1. The summed E-state index contributed by atoms with van der Waals surface area (Å²) >= 11 is 6.65. The molecule has 4 aromatic rings. The van der Waals surface area contributed by atoms with Crippen molar-refractivity contribution in [2.45, 2.75) is 12.6 Å². The normalized spacial score (nSPS) is 11.9. The summed E-state index contributed by atoms with van der Waals surface area (Å²) in [7, 11) is 0. The van der Waals surface area contributed by atoms with Gasteiger partial charge in [-0.25, -0.2) is 0 Å². The van der Waals surface area contributed by atoms with E-state index in [0.29, 0.717) is 28.9 Å². The number of carboxylic acids is 1. The molecule has 7 nitrogen and oxygen atoms in total. The molecule has 0 unspecified atom stereocenters. The van der Waals surface area contributed by atoms with Gasteiger partial charge in [0.2, 0.25) is 11.8 Å². The van der Waals surface area contributed by atoms with Crippen molar-refractivity contribution < 1.29 is 19.4 Å². The second-order valence-electron chi connectivity index (χ2n) is 7.10. The molecule has 0 saturated carbocycles. The zero-order valence-electron chi connectivity index (χ0n) is 16.9. The highest BCUT2D eigenvalue weighted by atomic mass is 35.5. The van der Waals surface area contributed by atoms with Gasteiger partial charge >= 0.3 is 5.97 Å². The van der Waals surface area contributed by atoms with Crippen LogP contribution in [0.4, 0.5) is 0 Å². The van der Waals surface area contributed by atoms with Gasteiger partial charge in [-0.3, -0.25) is 10.1 Å². The minimum atomic E-state index is -1.10. The van der Waals surface area contributed by atoms with Gasteiger partial charge < -0.3 is 14.6 Å². The Kier molecular flexibility index (Phi) is 6.61. The van der Waals surface area contributed by atoms with Gasteiger partial charge in [0.05, 0.1) is 17.2 Å². The monoisotopic (exact) mass is 449 g/mol. The van der Waals surface area contributed by atoms with Crippen molar-refractivity contribution in [1.29, 1.82) is 0 Å². The largest absolute Gasteiger partial charge is 0.480 e. The molecule has 3 N–H and O–H groups in total. The number of carboxylic acid groups (broad SMARTS) is 1. The highest BCUT2D eigenvalue weighted by Crippen LogP contribution is 2.36. The van der Waals surface area contributed by atoms with Gasteiger partial charge in [-0.1, -0.05) is 66.2 Å². The number of nitrogens with one attached hydrogen (secondary N) is 1. The van der Waals surface area contributed by atoms with Crippen LogP contribution in [-0.4, -0.2) is 39.0 Å². The number of hydrogen-bond donors (Lipinski definition) is 3. The summed E-state index contributed by atoms with van der Waals surface area (Å²) in [4.78, 5) is 11.0. The minimum Gasteiger partial charge on any atom is -0.480 e. The Hall–Kier alpha value is -3.52. The van der Waals surface area contributed by atoms with E-state index in [-0.39, 0.29) is 0 Å². The Bertz CT molecular complexity index is 1210. The molecule has 0 aliphatic rings. The highest BCUT2D eigenvalue weighted by molar-refractivity contribution is 6.35. The van der Waals surface area contributed by atoms with Gasteiger partial charge in [-0.2, -0.15) is 0 Å². The Morgan fingerprint density at radius 2 is 1.59 bits per heavy atom. The van der Waals surface area contributed by atoms with Crippen LogP contribution in [0.1, 0.15) is 5.56 Å². The van der Waals surface area contributed by atoms with E-state index in [0.717, 1.165) is 22.3 Å². The summed E-state index contributed by atoms with van der Waals surface area (Å²) in [6.07, 6.45) is 0. The van der Waals surface area contributed by atoms with E-state index < -0.39 is 18.6 Å². The maximum atomic E-state index is 11.0. The first kappa shape index (κ1) is 21.7. The SMILES string of the molecule is O=C(O)[C@H](CO)NCc1ccc(-c2nnc(-c3cccc(-c4ccccc4)c3Cl)o2)cc1. The standard InChI is InChI=1S/C24H20ClN3O4/c25-21-18(16-5-2-1-3-6-16)7-4-8-19(21)23-28-27-22(32-23)17-11-9-15(10-12-17)13-26-20(14-29)24(30)31/h1-12,20,26,29H,13-14H2,(H,30,31)/t20-/m0/s1.